The molecule has 0 unspecified atom stereocenters. The number of aromatic nitrogens is 3. The Labute approximate surface area is 178 Å². The predicted molar refractivity (Wildman–Crippen MR) is 113 cm³/mol. The third kappa shape index (κ3) is 7.10. The second kappa shape index (κ2) is 10.1. The van der Waals surface area contributed by atoms with Crippen LogP contribution >= 0.6 is 0 Å². The lowest BCUT2D eigenvalue weighted by molar-refractivity contribution is -0.274. The molecule has 2 aromatic heterocycles. The summed E-state index contributed by atoms with van der Waals surface area (Å²) in [5.74, 6) is 0.347. The number of halogens is 3. The van der Waals surface area contributed by atoms with Crippen LogP contribution in [-0.4, -0.2) is 53.4 Å². The maximum absolute atomic E-state index is 12.7. The van der Waals surface area contributed by atoms with Crippen LogP contribution in [0.2, 0.25) is 0 Å². The SMILES string of the molecule is CN(C)CCCNc1nc(Nc2ccccc2OC(F)(F)F)cc(-c2ccncc2)n1. The van der Waals surface area contributed by atoms with Crippen molar-refractivity contribution < 1.29 is 17.9 Å². The van der Waals surface area contributed by atoms with Gasteiger partial charge in [-0.1, -0.05) is 12.1 Å². The molecule has 2 N–H and O–H groups in total. The van der Waals surface area contributed by atoms with Crippen LogP contribution in [0.1, 0.15) is 6.42 Å². The second-order valence-corrected chi connectivity index (χ2v) is 6.95. The van der Waals surface area contributed by atoms with Gasteiger partial charge in [0, 0.05) is 30.6 Å². The van der Waals surface area contributed by atoms with Crippen LogP contribution in [0.5, 0.6) is 5.75 Å². The Balaban J connectivity index is 1.88. The molecule has 1 aromatic carbocycles. The summed E-state index contributed by atoms with van der Waals surface area (Å²) in [6, 6.07) is 11.0. The summed E-state index contributed by atoms with van der Waals surface area (Å²) in [6.45, 7) is 1.54. The lowest BCUT2D eigenvalue weighted by Gasteiger charge is -2.15. The zero-order chi connectivity index (χ0) is 22.3. The van der Waals surface area contributed by atoms with Gasteiger partial charge in [0.15, 0.2) is 5.75 Å². The maximum Gasteiger partial charge on any atom is 0.573 e. The molecule has 0 aliphatic rings. The molecule has 0 amide bonds. The van der Waals surface area contributed by atoms with Gasteiger partial charge in [0.05, 0.1) is 11.4 Å². The van der Waals surface area contributed by atoms with E-state index in [-0.39, 0.29) is 11.4 Å². The van der Waals surface area contributed by atoms with Crippen LogP contribution in [0.15, 0.2) is 54.9 Å². The smallest absolute Gasteiger partial charge is 0.404 e. The Morgan fingerprint density at radius 2 is 1.77 bits per heavy atom. The first kappa shape index (κ1) is 22.3. The van der Waals surface area contributed by atoms with E-state index < -0.39 is 6.36 Å². The average molecular weight is 432 g/mol. The number of para-hydroxylation sites is 2. The topological polar surface area (TPSA) is 75.2 Å². The normalized spacial score (nSPS) is 11.4. The predicted octanol–water partition coefficient (Wildman–Crippen LogP) is 4.54. The number of benzene rings is 1. The lowest BCUT2D eigenvalue weighted by atomic mass is 10.2. The fourth-order valence-corrected chi connectivity index (χ4v) is 2.78. The summed E-state index contributed by atoms with van der Waals surface area (Å²) in [7, 11) is 3.98. The van der Waals surface area contributed by atoms with Crippen LogP contribution in [-0.2, 0) is 0 Å². The summed E-state index contributed by atoms with van der Waals surface area (Å²) in [6.07, 6.45) is -0.645. The van der Waals surface area contributed by atoms with Crippen molar-refractivity contribution in [3.63, 3.8) is 0 Å². The molecule has 10 heteroatoms. The fourth-order valence-electron chi connectivity index (χ4n) is 2.78. The molecule has 3 aromatic rings. The minimum Gasteiger partial charge on any atom is -0.404 e. The Hall–Kier alpha value is -3.40. The standard InChI is InChI=1S/C21H23F3N6O/c1-30(2)13-5-10-26-20-28-17(15-8-11-25-12-9-15)14-19(29-20)27-16-6-3-4-7-18(16)31-21(22,23)24/h3-4,6-9,11-12,14H,5,10,13H2,1-2H3,(H2,26,27,28,29). The van der Waals surface area contributed by atoms with E-state index in [1.807, 2.05) is 14.1 Å². The van der Waals surface area contributed by atoms with Crippen molar-refractivity contribution in [3.8, 4) is 17.0 Å². The number of alkyl halides is 3. The van der Waals surface area contributed by atoms with Crippen LogP contribution < -0.4 is 15.4 Å². The first-order valence-electron chi connectivity index (χ1n) is 9.60. The number of nitrogens with zero attached hydrogens (tertiary/aromatic N) is 4. The molecular weight excluding hydrogens is 409 g/mol. The minimum atomic E-state index is -4.80. The molecule has 3 rings (SSSR count). The maximum atomic E-state index is 12.7. The first-order valence-corrected chi connectivity index (χ1v) is 9.60. The van der Waals surface area contributed by atoms with Crippen LogP contribution in [0.3, 0.4) is 0 Å². The zero-order valence-electron chi connectivity index (χ0n) is 17.1. The van der Waals surface area contributed by atoms with Gasteiger partial charge in [-0.05, 0) is 51.3 Å². The Kier molecular flexibility index (Phi) is 7.24. The number of ether oxygens (including phenoxy) is 1. The molecule has 0 saturated carbocycles. The second-order valence-electron chi connectivity index (χ2n) is 6.95. The summed E-state index contributed by atoms with van der Waals surface area (Å²) in [5.41, 5.74) is 1.54. The van der Waals surface area contributed by atoms with E-state index in [2.05, 4.69) is 35.2 Å². The van der Waals surface area contributed by atoms with Gasteiger partial charge in [-0.25, -0.2) is 4.98 Å². The van der Waals surface area contributed by atoms with Crippen molar-refractivity contribution in [1.29, 1.82) is 0 Å². The van der Waals surface area contributed by atoms with E-state index in [9.17, 15) is 13.2 Å². The Morgan fingerprint density at radius 3 is 2.48 bits per heavy atom. The lowest BCUT2D eigenvalue weighted by Crippen LogP contribution is -2.18. The fraction of sp³-hybridized carbons (Fsp3) is 0.286. The summed E-state index contributed by atoms with van der Waals surface area (Å²) in [4.78, 5) is 15.0. The third-order valence-electron chi connectivity index (χ3n) is 4.14. The largest absolute Gasteiger partial charge is 0.573 e. The molecular formula is C21H23F3N6O. The molecule has 0 atom stereocenters. The molecule has 0 saturated heterocycles. The molecule has 0 aliphatic carbocycles. The van der Waals surface area contributed by atoms with Crippen molar-refractivity contribution in [2.75, 3.05) is 37.8 Å². The van der Waals surface area contributed by atoms with Crippen molar-refractivity contribution in [1.82, 2.24) is 19.9 Å². The molecule has 164 valence electrons. The van der Waals surface area contributed by atoms with Crippen molar-refractivity contribution >= 4 is 17.5 Å². The van der Waals surface area contributed by atoms with Crippen LogP contribution in [0, 0.1) is 0 Å². The first-order chi connectivity index (χ1) is 14.8. The van der Waals surface area contributed by atoms with Gasteiger partial charge in [-0.3, -0.25) is 4.98 Å². The number of hydrogen-bond donors (Lipinski definition) is 2. The number of pyridine rings is 1. The van der Waals surface area contributed by atoms with Crippen molar-refractivity contribution in [2.24, 2.45) is 0 Å². The van der Waals surface area contributed by atoms with E-state index in [1.165, 1.54) is 18.2 Å². The zero-order valence-corrected chi connectivity index (χ0v) is 17.1. The highest BCUT2D eigenvalue weighted by atomic mass is 19.4. The summed E-state index contributed by atoms with van der Waals surface area (Å²) >= 11 is 0. The molecule has 0 radical (unpaired) electrons. The number of hydrogen-bond acceptors (Lipinski definition) is 7. The van der Waals surface area contributed by atoms with Crippen LogP contribution in [0.25, 0.3) is 11.3 Å². The number of nitrogens with one attached hydrogen (secondary N) is 2. The van der Waals surface area contributed by atoms with Gasteiger partial charge in [-0.15, -0.1) is 13.2 Å². The molecule has 7 nitrogen and oxygen atoms in total. The molecule has 0 fully saturated rings. The quantitative estimate of drug-likeness (QED) is 0.481. The third-order valence-corrected chi connectivity index (χ3v) is 4.14. The number of rotatable bonds is 9. The highest BCUT2D eigenvalue weighted by Gasteiger charge is 2.32. The van der Waals surface area contributed by atoms with E-state index in [0.29, 0.717) is 24.0 Å². The van der Waals surface area contributed by atoms with Gasteiger partial charge < -0.3 is 20.3 Å². The highest BCUT2D eigenvalue weighted by molar-refractivity contribution is 5.69. The van der Waals surface area contributed by atoms with Gasteiger partial charge in [-0.2, -0.15) is 4.98 Å². The minimum absolute atomic E-state index is 0.137. The summed E-state index contributed by atoms with van der Waals surface area (Å²) in [5, 5.41) is 6.09. The molecule has 2 heterocycles. The van der Waals surface area contributed by atoms with Crippen LogP contribution in [0.4, 0.5) is 30.6 Å². The van der Waals surface area contributed by atoms with Gasteiger partial charge in [0.1, 0.15) is 5.82 Å². The Morgan fingerprint density at radius 1 is 1.03 bits per heavy atom. The number of anilines is 3. The van der Waals surface area contributed by atoms with Gasteiger partial charge >= 0.3 is 6.36 Å². The molecule has 31 heavy (non-hydrogen) atoms. The van der Waals surface area contributed by atoms with Gasteiger partial charge in [0.25, 0.3) is 0 Å². The van der Waals surface area contributed by atoms with Crippen molar-refractivity contribution in [3.05, 3.63) is 54.9 Å². The van der Waals surface area contributed by atoms with E-state index in [4.69, 9.17) is 0 Å². The van der Waals surface area contributed by atoms with E-state index in [1.54, 1.807) is 36.7 Å². The molecule has 0 aliphatic heterocycles. The molecule has 0 spiro atoms. The van der Waals surface area contributed by atoms with Crippen molar-refractivity contribution in [2.45, 2.75) is 12.8 Å². The Bertz CT molecular complexity index is 982. The van der Waals surface area contributed by atoms with Gasteiger partial charge in [0.2, 0.25) is 5.95 Å². The van der Waals surface area contributed by atoms with E-state index >= 15 is 0 Å². The monoisotopic (exact) mass is 432 g/mol. The van der Waals surface area contributed by atoms with E-state index in [0.717, 1.165) is 18.5 Å². The molecule has 0 bridgehead atoms. The average Bonchev–Trinajstić information content (AvgIpc) is 2.72. The summed E-state index contributed by atoms with van der Waals surface area (Å²) < 4.78 is 42.4. The highest BCUT2D eigenvalue weighted by Crippen LogP contribution is 2.32.